The number of nitrogens with two attached hydrogens (primary N) is 2. The number of nitrogens with one attached hydrogen (secondary N) is 1. The Labute approximate surface area is 217 Å². The minimum absolute atomic E-state index is 0.0139. The Balaban J connectivity index is -0.000000134. The predicted octanol–water partition coefficient (Wildman–Crippen LogP) is 4.97. The van der Waals surface area contributed by atoms with Crippen LogP contribution in [0.5, 0.6) is 0 Å². The first-order valence-electron chi connectivity index (χ1n) is 13.7. The molecule has 35 heavy (non-hydrogen) atoms. The molecular weight excluding hydrogens is 444 g/mol. The summed E-state index contributed by atoms with van der Waals surface area (Å²) in [5.74, 6) is -0.599. The van der Waals surface area contributed by atoms with Crippen LogP contribution in [-0.4, -0.2) is 54.6 Å². The first-order valence-corrected chi connectivity index (χ1v) is 13.7. The molecule has 1 fully saturated rings. The number of nitrogens with zero attached hydrogens (tertiary/aromatic N) is 1. The Morgan fingerprint density at radius 3 is 1.66 bits per heavy atom. The van der Waals surface area contributed by atoms with Crippen LogP contribution in [0.15, 0.2) is 0 Å². The second-order valence-electron chi connectivity index (χ2n) is 7.48. The molecular formula is C27H60N4O4. The van der Waals surface area contributed by atoms with Crippen molar-refractivity contribution in [2.45, 2.75) is 133 Å². The van der Waals surface area contributed by atoms with Gasteiger partial charge in [-0.15, -0.1) is 0 Å². The molecule has 1 aliphatic heterocycles. The lowest BCUT2D eigenvalue weighted by Gasteiger charge is -2.23. The molecule has 8 nitrogen and oxygen atoms in total. The lowest BCUT2D eigenvalue weighted by molar-refractivity contribution is -0.137. The highest BCUT2D eigenvalue weighted by atomic mass is 16.2. The summed E-state index contributed by atoms with van der Waals surface area (Å²) < 4.78 is 0. The van der Waals surface area contributed by atoms with Gasteiger partial charge in [-0.05, 0) is 19.8 Å². The monoisotopic (exact) mass is 504 g/mol. The zero-order valence-electron chi connectivity index (χ0n) is 24.6. The number of hydrogen-bond acceptors (Lipinski definition) is 5. The molecule has 0 aromatic heterocycles. The molecule has 212 valence electrons. The summed E-state index contributed by atoms with van der Waals surface area (Å²) in [6, 6.07) is -0.463. The van der Waals surface area contributed by atoms with E-state index in [0.717, 1.165) is 6.42 Å². The van der Waals surface area contributed by atoms with Gasteiger partial charge in [-0.2, -0.15) is 0 Å². The highest BCUT2D eigenvalue weighted by Gasteiger charge is 2.33. The molecule has 5 N–H and O–H groups in total. The van der Waals surface area contributed by atoms with E-state index in [2.05, 4.69) is 38.7 Å². The van der Waals surface area contributed by atoms with Gasteiger partial charge in [0.25, 0.3) is 0 Å². The predicted molar refractivity (Wildman–Crippen MR) is 150 cm³/mol. The van der Waals surface area contributed by atoms with Gasteiger partial charge < -0.3 is 21.7 Å². The first kappa shape index (κ1) is 43.1. The van der Waals surface area contributed by atoms with Crippen molar-refractivity contribution in [3.63, 3.8) is 0 Å². The number of amides is 3. The summed E-state index contributed by atoms with van der Waals surface area (Å²) in [5, 5.41) is 2.51. The van der Waals surface area contributed by atoms with Crippen LogP contribution in [0.2, 0.25) is 0 Å². The fraction of sp³-hybridized carbons (Fsp3) is 0.852. The molecule has 0 aromatic carbocycles. The van der Waals surface area contributed by atoms with Gasteiger partial charge in [-0.3, -0.25) is 19.2 Å². The molecule has 0 bridgehead atoms. The maximum Gasteiger partial charge on any atom is 0.243 e. The van der Waals surface area contributed by atoms with E-state index >= 15 is 0 Å². The van der Waals surface area contributed by atoms with Crippen LogP contribution in [0.25, 0.3) is 0 Å². The molecule has 0 aromatic rings. The number of hydrogen-bond donors (Lipinski definition) is 3. The van der Waals surface area contributed by atoms with Crippen molar-refractivity contribution in [2.75, 3.05) is 19.6 Å². The zero-order valence-corrected chi connectivity index (χ0v) is 24.6. The van der Waals surface area contributed by atoms with Crippen molar-refractivity contribution < 1.29 is 19.2 Å². The van der Waals surface area contributed by atoms with Crippen LogP contribution >= 0.6 is 0 Å². The van der Waals surface area contributed by atoms with Crippen molar-refractivity contribution in [1.82, 2.24) is 10.2 Å². The van der Waals surface area contributed by atoms with Gasteiger partial charge in [0, 0.05) is 6.54 Å². The van der Waals surface area contributed by atoms with Crippen LogP contribution in [0.4, 0.5) is 0 Å². The Bertz CT molecular complexity index is 454. The molecule has 8 heteroatoms. The van der Waals surface area contributed by atoms with Gasteiger partial charge in [0.1, 0.15) is 11.8 Å². The largest absolute Gasteiger partial charge is 0.372 e. The molecule has 0 spiro atoms. The van der Waals surface area contributed by atoms with E-state index < -0.39 is 6.04 Å². The van der Waals surface area contributed by atoms with Gasteiger partial charge >= 0.3 is 0 Å². The number of unbranched alkanes of at least 4 members (excludes halogenated alkanes) is 6. The van der Waals surface area contributed by atoms with Crippen LogP contribution in [0.3, 0.4) is 0 Å². The minimum atomic E-state index is -0.463. The number of primary amides is 1. The van der Waals surface area contributed by atoms with Crippen LogP contribution in [0.1, 0.15) is 127 Å². The number of carbonyl (C=O) groups excluding carboxylic acids is 4. The topological polar surface area (TPSA) is 136 Å². The van der Waals surface area contributed by atoms with E-state index in [0.29, 0.717) is 13.0 Å². The number of ketones is 1. The average molecular weight is 505 g/mol. The van der Waals surface area contributed by atoms with Crippen LogP contribution < -0.4 is 16.8 Å². The fourth-order valence-corrected chi connectivity index (χ4v) is 2.81. The second kappa shape index (κ2) is 39.3. The minimum Gasteiger partial charge on any atom is -0.372 e. The number of rotatable bonds is 10. The highest BCUT2D eigenvalue weighted by molar-refractivity contribution is 5.91. The lowest BCUT2D eigenvalue weighted by atomic mass is 10.1. The summed E-state index contributed by atoms with van der Waals surface area (Å²) >= 11 is 0. The Kier molecular flexibility index (Phi) is 48.4. The summed E-state index contributed by atoms with van der Waals surface area (Å²) in [4.78, 5) is 43.9. The van der Waals surface area contributed by atoms with E-state index in [4.69, 9.17) is 10.5 Å². The number of likely N-dealkylation sites (tertiary alicyclic amines) is 1. The molecule has 0 aliphatic carbocycles. The molecule has 1 rings (SSSR count). The lowest BCUT2D eigenvalue weighted by Crippen LogP contribution is -2.48. The van der Waals surface area contributed by atoms with Gasteiger partial charge in [-0.1, -0.05) is 107 Å². The van der Waals surface area contributed by atoms with Crippen molar-refractivity contribution in [3.05, 3.63) is 0 Å². The van der Waals surface area contributed by atoms with Gasteiger partial charge in [-0.25, -0.2) is 0 Å². The normalized spacial score (nSPS) is 12.7. The van der Waals surface area contributed by atoms with Crippen molar-refractivity contribution in [2.24, 2.45) is 11.5 Å². The summed E-state index contributed by atoms with van der Waals surface area (Å²) in [6.07, 6.45) is 12.9. The van der Waals surface area contributed by atoms with E-state index in [1.165, 1.54) is 63.2 Å². The second-order valence-corrected chi connectivity index (χ2v) is 7.48. The van der Waals surface area contributed by atoms with Gasteiger partial charge in [0.2, 0.25) is 18.2 Å². The van der Waals surface area contributed by atoms with Gasteiger partial charge in [0.15, 0.2) is 0 Å². The standard InChI is InChI=1S/C10H17N3O3.C9H20.C3H8.2C2H6.CH3NO/c1-7(14)6-12-10(16)8-3-2-4-13(8)9(15)5-11;1-3-5-7-9-8-6-4-2;1-3-2;2*1-2;2-1-3/h8H,2-6,11H2,1H3,(H,12,16);3-9H2,1-2H3;3H2,1-2H3;2*1-2H3;1H,(H2,2,3). The molecule has 1 saturated heterocycles. The quantitative estimate of drug-likeness (QED) is 0.285. The average Bonchev–Trinajstić information content (AvgIpc) is 3.36. The maximum absolute atomic E-state index is 11.7. The van der Waals surface area contributed by atoms with Crippen LogP contribution in [-0.2, 0) is 19.2 Å². The van der Waals surface area contributed by atoms with E-state index in [1.54, 1.807) is 0 Å². The Morgan fingerprint density at radius 2 is 1.31 bits per heavy atom. The summed E-state index contributed by atoms with van der Waals surface area (Å²) in [6.45, 7) is 18.7. The molecule has 0 saturated carbocycles. The third kappa shape index (κ3) is 34.3. The van der Waals surface area contributed by atoms with E-state index in [-0.39, 0.29) is 37.1 Å². The third-order valence-corrected chi connectivity index (χ3v) is 4.27. The molecule has 3 amide bonds. The van der Waals surface area contributed by atoms with Crippen LogP contribution in [0, 0.1) is 0 Å². The zero-order chi connectivity index (χ0) is 28.5. The highest BCUT2D eigenvalue weighted by Crippen LogP contribution is 2.17. The number of Topliss-reactive ketones (excluding diaryl/α,β-unsaturated/α-hetero) is 1. The van der Waals surface area contributed by atoms with Crippen molar-refractivity contribution >= 4 is 24.0 Å². The van der Waals surface area contributed by atoms with Crippen molar-refractivity contribution in [1.29, 1.82) is 0 Å². The molecule has 1 aliphatic rings. The maximum atomic E-state index is 11.7. The van der Waals surface area contributed by atoms with Crippen molar-refractivity contribution in [3.8, 4) is 0 Å². The molecule has 1 unspecified atom stereocenters. The van der Waals surface area contributed by atoms with E-state index in [1.807, 2.05) is 27.7 Å². The third-order valence-electron chi connectivity index (χ3n) is 4.27. The summed E-state index contributed by atoms with van der Waals surface area (Å²) in [5.41, 5.74) is 9.43. The SMILES string of the molecule is CC.CC.CC(=O)CNC(=O)C1CCCN1C(=O)CN.CCC.CCCCCCCCC.NC=O. The molecule has 1 heterocycles. The summed E-state index contributed by atoms with van der Waals surface area (Å²) in [7, 11) is 0. The fourth-order valence-electron chi connectivity index (χ4n) is 2.81. The Hall–Kier alpha value is -1.96. The molecule has 1 atom stereocenters. The van der Waals surface area contributed by atoms with Gasteiger partial charge in [0.05, 0.1) is 13.1 Å². The molecule has 0 radical (unpaired) electrons. The van der Waals surface area contributed by atoms with E-state index in [9.17, 15) is 14.4 Å². The smallest absolute Gasteiger partial charge is 0.243 e. The Morgan fingerprint density at radius 1 is 0.914 bits per heavy atom. The number of carbonyl (C=O) groups is 4. The first-order chi connectivity index (χ1) is 16.8.